The molecule has 26 heavy (non-hydrogen) atoms. The van der Waals surface area contributed by atoms with Crippen molar-refractivity contribution in [2.45, 2.75) is 32.2 Å². The molecule has 0 fully saturated rings. The molecule has 146 valence electrons. The summed E-state index contributed by atoms with van der Waals surface area (Å²) in [6.07, 6.45) is 1.45. The second-order valence-corrected chi connectivity index (χ2v) is 5.24. The van der Waals surface area contributed by atoms with Crippen molar-refractivity contribution in [3.05, 3.63) is 38.0 Å². The topological polar surface area (TPSA) is 97.4 Å². The predicted octanol–water partition coefficient (Wildman–Crippen LogP) is 1.35. The molecule has 0 bridgehead atoms. The lowest BCUT2D eigenvalue weighted by molar-refractivity contribution is -0.154. The van der Waals surface area contributed by atoms with Gasteiger partial charge in [-0.25, -0.2) is 14.4 Å². The Bertz CT molecular complexity index is 465. The molecule has 2 unspecified atom stereocenters. The maximum absolute atomic E-state index is 11.4. The number of carbonyl (C=O) groups is 3. The summed E-state index contributed by atoms with van der Waals surface area (Å²) < 4.78 is 25.8. The highest BCUT2D eigenvalue weighted by atomic mass is 16.6. The van der Waals surface area contributed by atoms with Crippen molar-refractivity contribution in [1.29, 1.82) is 0 Å². The molecule has 0 radical (unpaired) electrons. The van der Waals surface area contributed by atoms with Crippen LogP contribution in [-0.2, 0) is 38.1 Å². The Labute approximate surface area is 153 Å². The van der Waals surface area contributed by atoms with Crippen LogP contribution in [-0.4, -0.2) is 62.6 Å². The molecule has 0 heterocycles. The van der Waals surface area contributed by atoms with Crippen molar-refractivity contribution in [2.75, 3.05) is 26.4 Å². The van der Waals surface area contributed by atoms with Crippen LogP contribution < -0.4 is 0 Å². The number of carbonyl (C=O) groups excluding carboxylic acids is 3. The summed E-state index contributed by atoms with van der Waals surface area (Å²) in [7, 11) is 0. The molecule has 0 aliphatic rings. The summed E-state index contributed by atoms with van der Waals surface area (Å²) in [6.45, 7) is 13.5. The Morgan fingerprint density at radius 3 is 1.38 bits per heavy atom. The lowest BCUT2D eigenvalue weighted by Gasteiger charge is -2.20. The molecule has 2 atom stereocenters. The smallest absolute Gasteiger partial charge is 0.330 e. The van der Waals surface area contributed by atoms with Crippen LogP contribution in [0.4, 0.5) is 0 Å². The molecule has 0 N–H and O–H groups in total. The highest BCUT2D eigenvalue weighted by Gasteiger charge is 2.16. The van der Waals surface area contributed by atoms with Gasteiger partial charge < -0.3 is 23.7 Å². The first-order chi connectivity index (χ1) is 12.3. The van der Waals surface area contributed by atoms with Crippen LogP contribution in [0.25, 0.3) is 0 Å². The average Bonchev–Trinajstić information content (AvgIpc) is 2.60. The van der Waals surface area contributed by atoms with E-state index < -0.39 is 36.2 Å². The van der Waals surface area contributed by atoms with Gasteiger partial charge in [0.2, 0.25) is 0 Å². The van der Waals surface area contributed by atoms with Crippen LogP contribution in [0.5, 0.6) is 0 Å². The van der Waals surface area contributed by atoms with Crippen molar-refractivity contribution in [3.63, 3.8) is 0 Å². The lowest BCUT2D eigenvalue weighted by Crippen LogP contribution is -2.31. The molecule has 0 amide bonds. The summed E-state index contributed by atoms with van der Waals surface area (Å²) >= 11 is 0. The van der Waals surface area contributed by atoms with Crippen molar-refractivity contribution >= 4 is 17.9 Å². The van der Waals surface area contributed by atoms with Gasteiger partial charge in [0.05, 0.1) is 26.4 Å². The van der Waals surface area contributed by atoms with E-state index in [2.05, 4.69) is 19.7 Å². The molecular formula is C18H26O8. The molecule has 0 aromatic rings. The van der Waals surface area contributed by atoms with Gasteiger partial charge in [-0.05, 0) is 13.8 Å². The van der Waals surface area contributed by atoms with Crippen LogP contribution in [0.1, 0.15) is 13.8 Å². The van der Waals surface area contributed by atoms with E-state index in [4.69, 9.17) is 23.7 Å². The maximum atomic E-state index is 11.4. The second kappa shape index (κ2) is 13.8. The van der Waals surface area contributed by atoms with E-state index in [9.17, 15) is 14.4 Å². The molecule has 0 aromatic heterocycles. The normalized spacial score (nSPS) is 13.6. The van der Waals surface area contributed by atoms with E-state index in [1.807, 2.05) is 0 Å². The van der Waals surface area contributed by atoms with E-state index in [-0.39, 0.29) is 26.4 Å². The van der Waals surface area contributed by atoms with Crippen molar-refractivity contribution in [3.8, 4) is 0 Å². The zero-order valence-electron chi connectivity index (χ0n) is 15.2. The fourth-order valence-electron chi connectivity index (χ4n) is 1.62. The molecule has 8 heteroatoms. The van der Waals surface area contributed by atoms with E-state index >= 15 is 0 Å². The molecule has 0 spiro atoms. The van der Waals surface area contributed by atoms with Gasteiger partial charge in [-0.3, -0.25) is 0 Å². The number of hydrogen-bond acceptors (Lipinski definition) is 8. The van der Waals surface area contributed by atoms with Gasteiger partial charge in [-0.15, -0.1) is 0 Å². The highest BCUT2D eigenvalue weighted by molar-refractivity contribution is 5.82. The zero-order chi connectivity index (χ0) is 19.9. The third kappa shape index (κ3) is 12.0. The van der Waals surface area contributed by atoms with Crippen LogP contribution in [0, 0.1) is 0 Å². The minimum atomic E-state index is -0.704. The first-order valence-electron chi connectivity index (χ1n) is 7.97. The van der Waals surface area contributed by atoms with Crippen molar-refractivity contribution in [2.24, 2.45) is 0 Å². The minimum Gasteiger partial charge on any atom is -0.457 e. The monoisotopic (exact) mass is 370 g/mol. The molecule has 0 saturated carbocycles. The first kappa shape index (κ1) is 23.5. The summed E-state index contributed by atoms with van der Waals surface area (Å²) in [4.78, 5) is 33.5. The fraction of sp³-hybridized carbons (Fsp3) is 0.500. The van der Waals surface area contributed by atoms with Gasteiger partial charge in [0.1, 0.15) is 18.3 Å². The average molecular weight is 370 g/mol. The highest BCUT2D eigenvalue weighted by Crippen LogP contribution is 2.02. The van der Waals surface area contributed by atoms with Gasteiger partial charge >= 0.3 is 17.9 Å². The Balaban J connectivity index is 4.30. The Kier molecular flexibility index (Phi) is 12.5. The Morgan fingerprint density at radius 1 is 0.692 bits per heavy atom. The van der Waals surface area contributed by atoms with E-state index in [1.54, 1.807) is 13.8 Å². The SMILES string of the molecule is C=CC(=O)OC(C)COCC(COCC(C)OC(=O)C=C)OC(=O)C=C. The molecular weight excluding hydrogens is 344 g/mol. The van der Waals surface area contributed by atoms with E-state index in [0.29, 0.717) is 0 Å². The number of esters is 3. The van der Waals surface area contributed by atoms with Gasteiger partial charge in [0.15, 0.2) is 0 Å². The summed E-state index contributed by atoms with van der Waals surface area (Å²) in [5.41, 5.74) is 0. The fourth-order valence-corrected chi connectivity index (χ4v) is 1.62. The molecule has 0 aliphatic heterocycles. The quantitative estimate of drug-likeness (QED) is 0.257. The number of ether oxygens (including phenoxy) is 5. The number of hydrogen-bond donors (Lipinski definition) is 0. The third-order valence-corrected chi connectivity index (χ3v) is 2.73. The Hall–Kier alpha value is -2.45. The molecule has 0 rings (SSSR count). The molecule has 0 saturated heterocycles. The van der Waals surface area contributed by atoms with Crippen LogP contribution >= 0.6 is 0 Å². The predicted molar refractivity (Wildman–Crippen MR) is 93.2 cm³/mol. The van der Waals surface area contributed by atoms with E-state index in [0.717, 1.165) is 18.2 Å². The maximum Gasteiger partial charge on any atom is 0.330 e. The van der Waals surface area contributed by atoms with Gasteiger partial charge in [0.25, 0.3) is 0 Å². The minimum absolute atomic E-state index is 0.0242. The van der Waals surface area contributed by atoms with E-state index in [1.165, 1.54) is 0 Å². The summed E-state index contributed by atoms with van der Waals surface area (Å²) in [5.74, 6) is -1.73. The van der Waals surface area contributed by atoms with Gasteiger partial charge in [-0.1, -0.05) is 19.7 Å². The first-order valence-corrected chi connectivity index (χ1v) is 7.97. The zero-order valence-corrected chi connectivity index (χ0v) is 15.2. The van der Waals surface area contributed by atoms with Crippen molar-refractivity contribution < 1.29 is 38.1 Å². The Morgan fingerprint density at radius 2 is 1.04 bits per heavy atom. The summed E-state index contributed by atoms with van der Waals surface area (Å²) in [6, 6.07) is 0. The third-order valence-electron chi connectivity index (χ3n) is 2.73. The second-order valence-electron chi connectivity index (χ2n) is 5.24. The number of rotatable bonds is 14. The standard InChI is InChI=1S/C18H26O8/c1-6-16(19)24-13(4)9-22-11-15(26-18(21)8-3)12-23-10-14(5)25-17(20)7-2/h6-8,13-15H,1-3,9-12H2,4-5H3. The lowest BCUT2D eigenvalue weighted by atomic mass is 10.3. The van der Waals surface area contributed by atoms with Gasteiger partial charge in [-0.2, -0.15) is 0 Å². The molecule has 8 nitrogen and oxygen atoms in total. The largest absolute Gasteiger partial charge is 0.457 e. The van der Waals surface area contributed by atoms with Gasteiger partial charge in [0, 0.05) is 18.2 Å². The van der Waals surface area contributed by atoms with Crippen LogP contribution in [0.3, 0.4) is 0 Å². The van der Waals surface area contributed by atoms with Crippen LogP contribution in [0.2, 0.25) is 0 Å². The van der Waals surface area contributed by atoms with Crippen molar-refractivity contribution in [1.82, 2.24) is 0 Å². The summed E-state index contributed by atoms with van der Waals surface area (Å²) in [5, 5.41) is 0. The molecule has 0 aliphatic carbocycles. The molecule has 0 aromatic carbocycles. The van der Waals surface area contributed by atoms with Crippen LogP contribution in [0.15, 0.2) is 38.0 Å².